The first kappa shape index (κ1) is 18.8. The van der Waals surface area contributed by atoms with Crippen molar-refractivity contribution in [2.24, 2.45) is 0 Å². The van der Waals surface area contributed by atoms with Crippen molar-refractivity contribution in [1.29, 1.82) is 0 Å². The molecule has 0 saturated carbocycles. The zero-order chi connectivity index (χ0) is 20.5. The van der Waals surface area contributed by atoms with E-state index in [2.05, 4.69) is 4.98 Å². The lowest BCUT2D eigenvalue weighted by Gasteiger charge is -2.37. The number of hydrogen-bond acceptors (Lipinski definition) is 5. The number of carboxylic acids is 1. The highest BCUT2D eigenvalue weighted by atomic mass is 16.5. The molecular formula is C21H21N3O5. The third kappa shape index (κ3) is 3.37. The van der Waals surface area contributed by atoms with E-state index in [4.69, 9.17) is 9.47 Å². The summed E-state index contributed by atoms with van der Waals surface area (Å²) in [6, 6.07) is 6.53. The van der Waals surface area contributed by atoms with E-state index in [1.54, 1.807) is 53.2 Å². The van der Waals surface area contributed by atoms with Crippen LogP contribution in [0.3, 0.4) is 0 Å². The summed E-state index contributed by atoms with van der Waals surface area (Å²) in [6.45, 7) is 0.418. The van der Waals surface area contributed by atoms with E-state index < -0.39 is 12.0 Å². The molecule has 4 rings (SSSR count). The Bertz CT molecular complexity index is 1090. The minimum Gasteiger partial charge on any atom is -0.493 e. The highest BCUT2D eigenvalue weighted by Crippen LogP contribution is 2.40. The number of aliphatic carboxylic acids is 1. The number of benzene rings is 1. The van der Waals surface area contributed by atoms with E-state index in [1.807, 2.05) is 6.07 Å². The summed E-state index contributed by atoms with van der Waals surface area (Å²) < 4.78 is 12.5. The summed E-state index contributed by atoms with van der Waals surface area (Å²) in [5, 5.41) is 9.50. The second-order valence-electron chi connectivity index (χ2n) is 6.88. The van der Waals surface area contributed by atoms with E-state index in [-0.39, 0.29) is 12.3 Å². The van der Waals surface area contributed by atoms with Gasteiger partial charge in [0.05, 0.1) is 32.2 Å². The lowest BCUT2D eigenvalue weighted by molar-refractivity contribution is -0.138. The van der Waals surface area contributed by atoms with Gasteiger partial charge in [-0.05, 0) is 41.8 Å². The topological polar surface area (TPSA) is 93.4 Å². The van der Waals surface area contributed by atoms with Crippen LogP contribution in [0.4, 0.5) is 0 Å². The Kier molecular flexibility index (Phi) is 4.84. The monoisotopic (exact) mass is 395 g/mol. The van der Waals surface area contributed by atoms with Crippen LogP contribution in [-0.2, 0) is 11.2 Å². The summed E-state index contributed by atoms with van der Waals surface area (Å²) in [7, 11) is 3.09. The van der Waals surface area contributed by atoms with Crippen LogP contribution in [-0.4, -0.2) is 52.0 Å². The maximum Gasteiger partial charge on any atom is 0.305 e. The molecule has 8 nitrogen and oxygen atoms in total. The molecule has 1 atom stereocenters. The number of pyridine rings is 1. The largest absolute Gasteiger partial charge is 0.493 e. The third-order valence-electron chi connectivity index (χ3n) is 5.27. The molecule has 1 aliphatic rings. The Morgan fingerprint density at radius 2 is 1.97 bits per heavy atom. The smallest absolute Gasteiger partial charge is 0.305 e. The molecule has 0 aliphatic carbocycles. The SMILES string of the molecule is COc1cc2c(cc1OC)C(CC(=O)O)N(C(=O)c1ccc3nccn3c1)CC2. The van der Waals surface area contributed by atoms with Gasteiger partial charge in [-0.3, -0.25) is 9.59 Å². The van der Waals surface area contributed by atoms with E-state index in [0.717, 1.165) is 16.8 Å². The van der Waals surface area contributed by atoms with Crippen molar-refractivity contribution in [3.8, 4) is 11.5 Å². The van der Waals surface area contributed by atoms with E-state index in [1.165, 1.54) is 7.11 Å². The van der Waals surface area contributed by atoms with Crippen LogP contribution in [0.2, 0.25) is 0 Å². The maximum atomic E-state index is 13.3. The highest BCUT2D eigenvalue weighted by Gasteiger charge is 2.34. The fourth-order valence-corrected chi connectivity index (χ4v) is 3.87. The molecule has 0 radical (unpaired) electrons. The zero-order valence-corrected chi connectivity index (χ0v) is 16.2. The van der Waals surface area contributed by atoms with Gasteiger partial charge in [0.15, 0.2) is 11.5 Å². The van der Waals surface area contributed by atoms with Gasteiger partial charge in [-0.15, -0.1) is 0 Å². The molecule has 3 heterocycles. The lowest BCUT2D eigenvalue weighted by atomic mass is 9.89. The van der Waals surface area contributed by atoms with Crippen LogP contribution in [0.25, 0.3) is 5.65 Å². The highest BCUT2D eigenvalue weighted by molar-refractivity contribution is 5.95. The molecule has 0 fully saturated rings. The summed E-state index contributed by atoms with van der Waals surface area (Å²) in [4.78, 5) is 30.7. The zero-order valence-electron chi connectivity index (χ0n) is 16.2. The number of imidazole rings is 1. The molecule has 1 amide bonds. The van der Waals surface area contributed by atoms with E-state index in [0.29, 0.717) is 30.0 Å². The van der Waals surface area contributed by atoms with Gasteiger partial charge in [0, 0.05) is 25.1 Å². The minimum absolute atomic E-state index is 0.193. The molecule has 0 saturated heterocycles. The molecule has 1 aromatic carbocycles. The molecule has 0 spiro atoms. The van der Waals surface area contributed by atoms with E-state index in [9.17, 15) is 14.7 Å². The van der Waals surface area contributed by atoms with Crippen molar-refractivity contribution in [2.75, 3.05) is 20.8 Å². The van der Waals surface area contributed by atoms with Gasteiger partial charge in [-0.2, -0.15) is 0 Å². The fraction of sp³-hybridized carbons (Fsp3) is 0.286. The van der Waals surface area contributed by atoms with Crippen LogP contribution >= 0.6 is 0 Å². The van der Waals surface area contributed by atoms with Gasteiger partial charge in [0.1, 0.15) is 5.65 Å². The molecule has 0 bridgehead atoms. The Labute approximate surface area is 167 Å². The average molecular weight is 395 g/mol. The number of nitrogens with zero attached hydrogens (tertiary/aromatic N) is 3. The van der Waals surface area contributed by atoms with Gasteiger partial charge in [-0.1, -0.05) is 0 Å². The van der Waals surface area contributed by atoms with Crippen molar-refractivity contribution >= 4 is 17.5 Å². The maximum absolute atomic E-state index is 13.3. The fourth-order valence-electron chi connectivity index (χ4n) is 3.87. The molecule has 150 valence electrons. The normalized spacial score (nSPS) is 15.8. The first-order valence-electron chi connectivity index (χ1n) is 9.22. The Morgan fingerprint density at radius 1 is 1.21 bits per heavy atom. The number of carbonyl (C=O) groups is 2. The number of amides is 1. The standard InChI is InChI=1S/C21H21N3O5/c1-28-17-9-13-5-7-24(16(11-20(25)26)15(13)10-18(17)29-2)21(27)14-3-4-19-22-6-8-23(19)12-14/h3-4,6,8-10,12,16H,5,7,11H2,1-2H3,(H,25,26). The predicted molar refractivity (Wildman–Crippen MR) is 104 cm³/mol. The Morgan fingerprint density at radius 3 is 2.69 bits per heavy atom. The van der Waals surface area contributed by atoms with Crippen molar-refractivity contribution < 1.29 is 24.2 Å². The van der Waals surface area contributed by atoms with Crippen molar-refractivity contribution in [3.05, 3.63) is 59.5 Å². The number of carboxylic acid groups (broad SMARTS) is 1. The summed E-state index contributed by atoms with van der Waals surface area (Å²) in [6.07, 6.45) is 5.55. The second kappa shape index (κ2) is 7.46. The van der Waals surface area contributed by atoms with Crippen molar-refractivity contribution in [3.63, 3.8) is 0 Å². The van der Waals surface area contributed by atoms with Gasteiger partial charge >= 0.3 is 5.97 Å². The van der Waals surface area contributed by atoms with Gasteiger partial charge in [-0.25, -0.2) is 4.98 Å². The Balaban J connectivity index is 1.75. The molecule has 3 aromatic rings. The quantitative estimate of drug-likeness (QED) is 0.714. The van der Waals surface area contributed by atoms with Crippen LogP contribution in [0.1, 0.15) is 33.9 Å². The molecule has 1 aliphatic heterocycles. The van der Waals surface area contributed by atoms with Gasteiger partial charge in [0.25, 0.3) is 5.91 Å². The first-order chi connectivity index (χ1) is 14.0. The minimum atomic E-state index is -0.972. The van der Waals surface area contributed by atoms with Crippen molar-refractivity contribution in [1.82, 2.24) is 14.3 Å². The molecule has 1 unspecified atom stereocenters. The number of ether oxygens (including phenoxy) is 2. The van der Waals surface area contributed by atoms with Gasteiger partial charge in [0.2, 0.25) is 0 Å². The summed E-state index contributed by atoms with van der Waals surface area (Å²) >= 11 is 0. The number of methoxy groups -OCH3 is 2. The molecular weight excluding hydrogens is 374 g/mol. The lowest BCUT2D eigenvalue weighted by Crippen LogP contribution is -2.41. The Hall–Kier alpha value is -3.55. The van der Waals surface area contributed by atoms with E-state index >= 15 is 0 Å². The summed E-state index contributed by atoms with van der Waals surface area (Å²) in [5.74, 6) is -0.0887. The number of fused-ring (bicyclic) bond motifs is 2. The van der Waals surface area contributed by atoms with Gasteiger partial charge < -0.3 is 23.9 Å². The molecule has 29 heavy (non-hydrogen) atoms. The average Bonchev–Trinajstić information content (AvgIpc) is 3.20. The number of rotatable bonds is 5. The molecule has 2 aromatic heterocycles. The van der Waals surface area contributed by atoms with Crippen LogP contribution < -0.4 is 9.47 Å². The van der Waals surface area contributed by atoms with Crippen molar-refractivity contribution in [2.45, 2.75) is 18.9 Å². The number of aromatic nitrogens is 2. The first-order valence-corrected chi connectivity index (χ1v) is 9.22. The number of hydrogen-bond donors (Lipinski definition) is 1. The third-order valence-corrected chi connectivity index (χ3v) is 5.27. The van der Waals surface area contributed by atoms with Crippen LogP contribution in [0.15, 0.2) is 42.9 Å². The number of carbonyl (C=O) groups excluding carboxylic acids is 1. The second-order valence-corrected chi connectivity index (χ2v) is 6.88. The molecule has 8 heteroatoms. The van der Waals surface area contributed by atoms with Crippen LogP contribution in [0, 0.1) is 0 Å². The predicted octanol–water partition coefficient (Wildman–Crippen LogP) is 2.57. The van der Waals surface area contributed by atoms with Crippen LogP contribution in [0.5, 0.6) is 11.5 Å². The molecule has 1 N–H and O–H groups in total. The summed E-state index contributed by atoms with van der Waals surface area (Å²) in [5.41, 5.74) is 2.95.